The number of rotatable bonds is 2. The van der Waals surface area contributed by atoms with Gasteiger partial charge < -0.3 is 5.73 Å². The van der Waals surface area contributed by atoms with Crippen molar-refractivity contribution in [3.05, 3.63) is 17.5 Å². The standard InChI is InChI=1S/C9H14F3N3/c1-5(2)15-4-7(6(3)14-15)8(13)9(10,11)12/h4-5,8H,13H2,1-3H3. The summed E-state index contributed by atoms with van der Waals surface area (Å²) in [6.45, 7) is 5.21. The van der Waals surface area contributed by atoms with Crippen LogP contribution in [0.3, 0.4) is 0 Å². The van der Waals surface area contributed by atoms with Gasteiger partial charge in [-0.3, -0.25) is 4.68 Å². The lowest BCUT2D eigenvalue weighted by molar-refractivity contribution is -0.149. The van der Waals surface area contributed by atoms with Gasteiger partial charge in [0.05, 0.1) is 5.69 Å². The molecule has 1 unspecified atom stereocenters. The molecule has 0 bridgehead atoms. The Labute approximate surface area is 86.1 Å². The first-order valence-electron chi connectivity index (χ1n) is 4.61. The van der Waals surface area contributed by atoms with Crippen LogP contribution in [0, 0.1) is 6.92 Å². The van der Waals surface area contributed by atoms with Gasteiger partial charge in [-0.15, -0.1) is 0 Å². The van der Waals surface area contributed by atoms with Crippen molar-refractivity contribution in [2.75, 3.05) is 0 Å². The average molecular weight is 221 g/mol. The van der Waals surface area contributed by atoms with Crippen LogP contribution < -0.4 is 5.73 Å². The van der Waals surface area contributed by atoms with Gasteiger partial charge in [0.1, 0.15) is 6.04 Å². The number of halogens is 3. The van der Waals surface area contributed by atoms with Crippen LogP contribution in [-0.4, -0.2) is 16.0 Å². The maximum atomic E-state index is 12.4. The summed E-state index contributed by atoms with van der Waals surface area (Å²) in [5.41, 5.74) is 5.47. The van der Waals surface area contributed by atoms with Gasteiger partial charge in [-0.1, -0.05) is 0 Å². The summed E-state index contributed by atoms with van der Waals surface area (Å²) in [6.07, 6.45) is -3.06. The molecule has 0 aliphatic heterocycles. The third-order valence-electron chi connectivity index (χ3n) is 2.17. The molecule has 1 heterocycles. The van der Waals surface area contributed by atoms with Crippen LogP contribution in [0.15, 0.2) is 6.20 Å². The monoisotopic (exact) mass is 221 g/mol. The fourth-order valence-electron chi connectivity index (χ4n) is 1.24. The fraction of sp³-hybridized carbons (Fsp3) is 0.667. The van der Waals surface area contributed by atoms with Crippen LogP contribution in [0.4, 0.5) is 13.2 Å². The summed E-state index contributed by atoms with van der Waals surface area (Å²) in [7, 11) is 0. The summed E-state index contributed by atoms with van der Waals surface area (Å²) in [6, 6.07) is -1.93. The maximum Gasteiger partial charge on any atom is 0.407 e. The first-order valence-corrected chi connectivity index (χ1v) is 4.61. The van der Waals surface area contributed by atoms with Crippen LogP contribution in [0.5, 0.6) is 0 Å². The molecular weight excluding hydrogens is 207 g/mol. The molecule has 0 radical (unpaired) electrons. The van der Waals surface area contributed by atoms with E-state index in [2.05, 4.69) is 5.10 Å². The fourth-order valence-corrected chi connectivity index (χ4v) is 1.24. The van der Waals surface area contributed by atoms with Crippen LogP contribution in [-0.2, 0) is 0 Å². The first-order chi connectivity index (χ1) is 6.73. The molecule has 1 aromatic heterocycles. The highest BCUT2D eigenvalue weighted by molar-refractivity contribution is 5.21. The molecule has 15 heavy (non-hydrogen) atoms. The Bertz CT molecular complexity index is 341. The lowest BCUT2D eigenvalue weighted by Crippen LogP contribution is -2.28. The zero-order chi connectivity index (χ0) is 11.8. The Morgan fingerprint density at radius 1 is 1.40 bits per heavy atom. The molecule has 1 rings (SSSR count). The Hall–Kier alpha value is -1.04. The number of nitrogens with zero attached hydrogens (tertiary/aromatic N) is 2. The van der Waals surface area contributed by atoms with Crippen LogP contribution in [0.2, 0.25) is 0 Å². The number of aromatic nitrogens is 2. The molecule has 0 amide bonds. The lowest BCUT2D eigenvalue weighted by atomic mass is 10.1. The van der Waals surface area contributed by atoms with Gasteiger partial charge in [0.15, 0.2) is 0 Å². The smallest absolute Gasteiger partial charge is 0.316 e. The summed E-state index contributed by atoms with van der Waals surface area (Å²) < 4.78 is 38.6. The van der Waals surface area contributed by atoms with Crippen molar-refractivity contribution in [2.45, 2.75) is 39.0 Å². The quantitative estimate of drug-likeness (QED) is 0.832. The normalized spacial score (nSPS) is 14.7. The first kappa shape index (κ1) is 12.0. The SMILES string of the molecule is Cc1nn(C(C)C)cc1C(N)C(F)(F)F. The zero-order valence-corrected chi connectivity index (χ0v) is 8.84. The summed E-state index contributed by atoms with van der Waals surface area (Å²) in [5, 5.41) is 3.98. The highest BCUT2D eigenvalue weighted by atomic mass is 19.4. The van der Waals surface area contributed by atoms with E-state index in [9.17, 15) is 13.2 Å². The van der Waals surface area contributed by atoms with E-state index in [4.69, 9.17) is 5.73 Å². The minimum atomic E-state index is -4.42. The molecule has 1 atom stereocenters. The molecule has 6 heteroatoms. The molecule has 0 fully saturated rings. The molecule has 0 spiro atoms. The van der Waals surface area contributed by atoms with E-state index in [0.717, 1.165) is 0 Å². The van der Waals surface area contributed by atoms with Crippen molar-refractivity contribution in [1.82, 2.24) is 9.78 Å². The van der Waals surface area contributed by atoms with E-state index in [1.54, 1.807) is 0 Å². The predicted octanol–water partition coefficient (Wildman–Crippen LogP) is 2.33. The van der Waals surface area contributed by atoms with Crippen molar-refractivity contribution in [3.8, 4) is 0 Å². The average Bonchev–Trinajstić information content (AvgIpc) is 2.44. The van der Waals surface area contributed by atoms with Gasteiger partial charge in [0.25, 0.3) is 0 Å². The van der Waals surface area contributed by atoms with E-state index in [1.807, 2.05) is 13.8 Å². The second-order valence-corrected chi connectivity index (χ2v) is 3.76. The van der Waals surface area contributed by atoms with Crippen molar-refractivity contribution in [2.24, 2.45) is 5.73 Å². The minimum absolute atomic E-state index is 0.0258. The van der Waals surface area contributed by atoms with Crippen molar-refractivity contribution in [3.63, 3.8) is 0 Å². The van der Waals surface area contributed by atoms with Gasteiger partial charge >= 0.3 is 6.18 Å². The van der Waals surface area contributed by atoms with E-state index in [-0.39, 0.29) is 11.6 Å². The maximum absolute atomic E-state index is 12.4. The van der Waals surface area contributed by atoms with Gasteiger partial charge in [-0.05, 0) is 20.8 Å². The molecule has 0 aromatic carbocycles. The van der Waals surface area contributed by atoms with Crippen molar-refractivity contribution >= 4 is 0 Å². The van der Waals surface area contributed by atoms with Crippen molar-refractivity contribution < 1.29 is 13.2 Å². The number of hydrogen-bond donors (Lipinski definition) is 1. The summed E-state index contributed by atoms with van der Waals surface area (Å²) >= 11 is 0. The molecule has 86 valence electrons. The van der Waals surface area contributed by atoms with Gasteiger partial charge in [-0.25, -0.2) is 0 Å². The van der Waals surface area contributed by atoms with Gasteiger partial charge in [0.2, 0.25) is 0 Å². The molecule has 0 aliphatic rings. The van der Waals surface area contributed by atoms with Crippen LogP contribution in [0.25, 0.3) is 0 Å². The van der Waals surface area contributed by atoms with Crippen LogP contribution in [0.1, 0.15) is 37.2 Å². The molecule has 0 saturated heterocycles. The zero-order valence-electron chi connectivity index (χ0n) is 8.84. The number of nitrogens with two attached hydrogens (primary N) is 1. The molecule has 3 nitrogen and oxygen atoms in total. The molecule has 2 N–H and O–H groups in total. The largest absolute Gasteiger partial charge is 0.407 e. The molecule has 0 aliphatic carbocycles. The number of hydrogen-bond acceptors (Lipinski definition) is 2. The molecule has 0 saturated carbocycles. The third-order valence-corrected chi connectivity index (χ3v) is 2.17. The van der Waals surface area contributed by atoms with Gasteiger partial charge in [-0.2, -0.15) is 18.3 Å². The van der Waals surface area contributed by atoms with E-state index in [0.29, 0.717) is 5.69 Å². The second kappa shape index (κ2) is 3.84. The van der Waals surface area contributed by atoms with E-state index in [1.165, 1.54) is 17.8 Å². The molecular formula is C9H14F3N3. The summed E-state index contributed by atoms with van der Waals surface area (Å²) in [4.78, 5) is 0. The Balaban J connectivity index is 3.05. The molecule has 1 aromatic rings. The number of aryl methyl sites for hydroxylation is 1. The Kier molecular flexibility index (Phi) is 3.08. The van der Waals surface area contributed by atoms with E-state index < -0.39 is 12.2 Å². The van der Waals surface area contributed by atoms with Gasteiger partial charge in [0, 0.05) is 17.8 Å². The topological polar surface area (TPSA) is 43.8 Å². The highest BCUT2D eigenvalue weighted by Crippen LogP contribution is 2.32. The Morgan fingerprint density at radius 2 is 1.93 bits per heavy atom. The lowest BCUT2D eigenvalue weighted by Gasteiger charge is -2.14. The predicted molar refractivity (Wildman–Crippen MR) is 50.3 cm³/mol. The minimum Gasteiger partial charge on any atom is -0.316 e. The van der Waals surface area contributed by atoms with Crippen LogP contribution >= 0.6 is 0 Å². The van der Waals surface area contributed by atoms with Crippen molar-refractivity contribution in [1.29, 1.82) is 0 Å². The van der Waals surface area contributed by atoms with E-state index >= 15 is 0 Å². The summed E-state index contributed by atoms with van der Waals surface area (Å²) in [5.74, 6) is 0. The third kappa shape index (κ3) is 2.50. The second-order valence-electron chi connectivity index (χ2n) is 3.76. The highest BCUT2D eigenvalue weighted by Gasteiger charge is 2.39. The Morgan fingerprint density at radius 3 is 2.27 bits per heavy atom. The number of alkyl halides is 3.